The molecule has 2 rings (SSSR count). The fourth-order valence-electron chi connectivity index (χ4n) is 2.87. The lowest BCUT2D eigenvalue weighted by atomic mass is 9.87. The van der Waals surface area contributed by atoms with Crippen LogP contribution in [-0.2, 0) is 14.9 Å². The number of rotatable bonds is 3. The summed E-state index contributed by atoms with van der Waals surface area (Å²) in [4.78, 5) is 26.2. The Bertz CT molecular complexity index is 580. The molecule has 1 aromatic rings. The van der Waals surface area contributed by atoms with Crippen molar-refractivity contribution in [2.24, 2.45) is 0 Å². The third-order valence-corrected chi connectivity index (χ3v) is 4.19. The highest BCUT2D eigenvalue weighted by Crippen LogP contribution is 2.22. The summed E-state index contributed by atoms with van der Waals surface area (Å²) in [5, 5.41) is 2.71. The maximum Gasteiger partial charge on any atom is 0.251 e. The molecule has 0 radical (unpaired) electrons. The predicted molar refractivity (Wildman–Crippen MR) is 94.1 cm³/mol. The van der Waals surface area contributed by atoms with Gasteiger partial charge >= 0.3 is 0 Å². The minimum Gasteiger partial charge on any atom is -0.372 e. The Morgan fingerprint density at radius 3 is 2.17 bits per heavy atom. The molecule has 2 atom stereocenters. The number of ether oxygens (including phenoxy) is 1. The molecule has 5 heteroatoms. The number of carbonyl (C=O) groups excluding carboxylic acids is 2. The van der Waals surface area contributed by atoms with Crippen LogP contribution in [-0.4, -0.2) is 48.6 Å². The quantitative estimate of drug-likeness (QED) is 0.924. The highest BCUT2D eigenvalue weighted by molar-refractivity contribution is 5.96. The van der Waals surface area contributed by atoms with Gasteiger partial charge in [-0.25, -0.2) is 0 Å². The lowest BCUT2D eigenvalue weighted by molar-refractivity contribution is -0.142. The van der Waals surface area contributed by atoms with Crippen molar-refractivity contribution in [1.82, 2.24) is 10.2 Å². The molecule has 0 aliphatic carbocycles. The van der Waals surface area contributed by atoms with Gasteiger partial charge in [0.05, 0.1) is 18.8 Å². The van der Waals surface area contributed by atoms with Crippen molar-refractivity contribution >= 4 is 11.8 Å². The molecule has 1 saturated heterocycles. The summed E-state index contributed by atoms with van der Waals surface area (Å²) in [7, 11) is 0. The Balaban J connectivity index is 1.89. The molecular formula is C19H28N2O3. The van der Waals surface area contributed by atoms with Crippen molar-refractivity contribution in [2.75, 3.05) is 19.6 Å². The molecule has 1 heterocycles. The van der Waals surface area contributed by atoms with E-state index in [0.29, 0.717) is 18.7 Å². The number of amides is 2. The van der Waals surface area contributed by atoms with Gasteiger partial charge in [0, 0.05) is 18.7 Å². The SMILES string of the molecule is CC1CN(C(=O)CNC(=O)c2ccc(C(C)(C)C)cc2)CC(C)O1. The van der Waals surface area contributed by atoms with E-state index in [9.17, 15) is 9.59 Å². The van der Waals surface area contributed by atoms with Crippen LogP contribution in [0.15, 0.2) is 24.3 Å². The highest BCUT2D eigenvalue weighted by atomic mass is 16.5. The molecule has 1 aliphatic rings. The van der Waals surface area contributed by atoms with Crippen LogP contribution in [0.2, 0.25) is 0 Å². The van der Waals surface area contributed by atoms with Gasteiger partial charge in [-0.3, -0.25) is 9.59 Å². The summed E-state index contributed by atoms with van der Waals surface area (Å²) >= 11 is 0. The van der Waals surface area contributed by atoms with Crippen molar-refractivity contribution in [3.05, 3.63) is 35.4 Å². The molecule has 1 N–H and O–H groups in total. The second kappa shape index (κ2) is 7.34. The number of nitrogens with zero attached hydrogens (tertiary/aromatic N) is 1. The number of carbonyl (C=O) groups is 2. The number of nitrogens with one attached hydrogen (secondary N) is 1. The second-order valence-corrected chi connectivity index (χ2v) is 7.57. The summed E-state index contributed by atoms with van der Waals surface area (Å²) in [5.74, 6) is -0.296. The summed E-state index contributed by atoms with van der Waals surface area (Å²) in [6.45, 7) is 11.4. The van der Waals surface area contributed by atoms with Crippen molar-refractivity contribution < 1.29 is 14.3 Å². The van der Waals surface area contributed by atoms with Crippen LogP contribution in [0.1, 0.15) is 50.5 Å². The van der Waals surface area contributed by atoms with Crippen molar-refractivity contribution in [2.45, 2.75) is 52.2 Å². The van der Waals surface area contributed by atoms with Gasteiger partial charge in [0.25, 0.3) is 5.91 Å². The van der Waals surface area contributed by atoms with E-state index in [1.54, 1.807) is 17.0 Å². The maximum atomic E-state index is 12.3. The summed E-state index contributed by atoms with van der Waals surface area (Å²) in [5.41, 5.74) is 1.79. The molecule has 2 unspecified atom stereocenters. The Hall–Kier alpha value is -1.88. The van der Waals surface area contributed by atoms with Crippen LogP contribution in [0.4, 0.5) is 0 Å². The molecule has 0 spiro atoms. The normalized spacial score (nSPS) is 21.5. The van der Waals surface area contributed by atoms with Crippen LogP contribution in [0.5, 0.6) is 0 Å². The molecular weight excluding hydrogens is 304 g/mol. The summed E-state index contributed by atoms with van der Waals surface area (Å²) in [6.07, 6.45) is 0.0525. The maximum absolute atomic E-state index is 12.3. The van der Waals surface area contributed by atoms with Crippen molar-refractivity contribution in [3.8, 4) is 0 Å². The average Bonchev–Trinajstić information content (AvgIpc) is 2.50. The monoisotopic (exact) mass is 332 g/mol. The van der Waals surface area contributed by atoms with Gasteiger partial charge in [-0.15, -0.1) is 0 Å². The topological polar surface area (TPSA) is 58.6 Å². The molecule has 5 nitrogen and oxygen atoms in total. The van der Waals surface area contributed by atoms with Gasteiger partial charge in [-0.2, -0.15) is 0 Å². The number of hydrogen-bond donors (Lipinski definition) is 1. The third kappa shape index (κ3) is 4.81. The largest absolute Gasteiger partial charge is 0.372 e. The first-order valence-corrected chi connectivity index (χ1v) is 8.49. The third-order valence-electron chi connectivity index (χ3n) is 4.19. The van der Waals surface area contributed by atoms with E-state index < -0.39 is 0 Å². The molecule has 2 amide bonds. The first-order chi connectivity index (χ1) is 11.2. The first-order valence-electron chi connectivity index (χ1n) is 8.49. The Kier molecular flexibility index (Phi) is 5.65. The van der Waals surface area contributed by atoms with Crippen LogP contribution in [0.25, 0.3) is 0 Å². The van der Waals surface area contributed by atoms with E-state index in [2.05, 4.69) is 26.1 Å². The molecule has 0 bridgehead atoms. The Morgan fingerprint density at radius 2 is 1.67 bits per heavy atom. The molecule has 24 heavy (non-hydrogen) atoms. The van der Waals surface area contributed by atoms with Crippen molar-refractivity contribution in [3.63, 3.8) is 0 Å². The standard InChI is InChI=1S/C19H28N2O3/c1-13-11-21(12-14(2)24-13)17(22)10-20-18(23)15-6-8-16(9-7-15)19(3,4)5/h6-9,13-14H,10-12H2,1-5H3,(H,20,23). The van der Waals surface area contributed by atoms with Gasteiger partial charge in [0.2, 0.25) is 5.91 Å². The average molecular weight is 332 g/mol. The smallest absolute Gasteiger partial charge is 0.251 e. The number of hydrogen-bond acceptors (Lipinski definition) is 3. The molecule has 0 aromatic heterocycles. The lowest BCUT2D eigenvalue weighted by Gasteiger charge is -2.35. The highest BCUT2D eigenvalue weighted by Gasteiger charge is 2.26. The van der Waals surface area contributed by atoms with Gasteiger partial charge < -0.3 is 15.0 Å². The summed E-state index contributed by atoms with van der Waals surface area (Å²) < 4.78 is 5.62. The van der Waals surface area contributed by atoms with Gasteiger partial charge in [-0.1, -0.05) is 32.9 Å². The second-order valence-electron chi connectivity index (χ2n) is 7.57. The van der Waals surface area contributed by atoms with Gasteiger partial charge in [-0.05, 0) is 37.0 Å². The first kappa shape index (κ1) is 18.5. The van der Waals surface area contributed by atoms with Crippen molar-refractivity contribution in [1.29, 1.82) is 0 Å². The van der Waals surface area contributed by atoms with Gasteiger partial charge in [0.15, 0.2) is 0 Å². The van der Waals surface area contributed by atoms with E-state index in [-0.39, 0.29) is 36.0 Å². The summed E-state index contributed by atoms with van der Waals surface area (Å²) in [6, 6.07) is 7.53. The van der Waals surface area contributed by atoms with E-state index in [0.717, 1.165) is 0 Å². The van der Waals surface area contributed by atoms with E-state index in [1.807, 2.05) is 26.0 Å². The zero-order valence-corrected chi connectivity index (χ0v) is 15.3. The Morgan fingerprint density at radius 1 is 1.12 bits per heavy atom. The Labute approximate surface area is 144 Å². The molecule has 1 aliphatic heterocycles. The van der Waals surface area contributed by atoms with Crippen LogP contribution >= 0.6 is 0 Å². The van der Waals surface area contributed by atoms with Crippen LogP contribution < -0.4 is 5.32 Å². The minimum absolute atomic E-state index is 0.0132. The van der Waals surface area contributed by atoms with Crippen LogP contribution in [0.3, 0.4) is 0 Å². The zero-order valence-electron chi connectivity index (χ0n) is 15.3. The van der Waals surface area contributed by atoms with Crippen LogP contribution in [0, 0.1) is 0 Å². The number of benzene rings is 1. The van der Waals surface area contributed by atoms with E-state index in [1.165, 1.54) is 5.56 Å². The molecule has 0 saturated carbocycles. The minimum atomic E-state index is -0.224. The molecule has 1 aromatic carbocycles. The predicted octanol–water partition coefficient (Wildman–Crippen LogP) is 2.35. The van der Waals surface area contributed by atoms with Gasteiger partial charge in [0.1, 0.15) is 0 Å². The van der Waals surface area contributed by atoms with E-state index >= 15 is 0 Å². The fraction of sp³-hybridized carbons (Fsp3) is 0.579. The fourth-order valence-corrected chi connectivity index (χ4v) is 2.87. The number of morpholine rings is 1. The van der Waals surface area contributed by atoms with E-state index in [4.69, 9.17) is 4.74 Å². The lowest BCUT2D eigenvalue weighted by Crippen LogP contribution is -2.51. The molecule has 1 fully saturated rings. The zero-order chi connectivity index (χ0) is 17.9. The molecule has 132 valence electrons.